The minimum Gasteiger partial charge on any atom is -0.496 e. The summed E-state index contributed by atoms with van der Waals surface area (Å²) in [6, 6.07) is 8.21. The van der Waals surface area contributed by atoms with Gasteiger partial charge in [-0.2, -0.15) is 4.80 Å². The molecule has 3 aromatic rings. The van der Waals surface area contributed by atoms with Gasteiger partial charge in [0, 0.05) is 13.1 Å². The Balaban J connectivity index is 1.42. The van der Waals surface area contributed by atoms with Crippen LogP contribution in [0.15, 0.2) is 30.5 Å². The monoisotopic (exact) mass is 400 g/mol. The van der Waals surface area contributed by atoms with E-state index in [-0.39, 0.29) is 6.54 Å². The fourth-order valence-electron chi connectivity index (χ4n) is 3.43. The molecule has 2 aromatic heterocycles. The number of para-hydroxylation sites is 1. The lowest BCUT2D eigenvalue weighted by Crippen LogP contribution is -2.32. The summed E-state index contributed by atoms with van der Waals surface area (Å²) in [6.45, 7) is 1.51. The van der Waals surface area contributed by atoms with Crippen LogP contribution in [0.4, 0.5) is 5.13 Å². The van der Waals surface area contributed by atoms with Crippen LogP contribution in [0.5, 0.6) is 5.75 Å². The van der Waals surface area contributed by atoms with Crippen molar-refractivity contribution in [3.05, 3.63) is 36.0 Å². The summed E-state index contributed by atoms with van der Waals surface area (Å²) >= 11 is 1.49. The zero-order valence-corrected chi connectivity index (χ0v) is 16.2. The van der Waals surface area contributed by atoms with Crippen LogP contribution in [0.3, 0.4) is 0 Å². The van der Waals surface area contributed by atoms with Crippen molar-refractivity contribution in [2.45, 2.75) is 25.3 Å². The third-order valence-corrected chi connectivity index (χ3v) is 5.84. The summed E-state index contributed by atoms with van der Waals surface area (Å²) in [5, 5.41) is 21.5. The SMILES string of the molecule is COc1ccccc1C1CCN(c2ncc(-c3nnn(CC(=O)O)n3)s2)CC1. The van der Waals surface area contributed by atoms with E-state index in [4.69, 9.17) is 9.84 Å². The molecule has 4 rings (SSSR count). The number of carbonyl (C=O) groups is 1. The first-order valence-corrected chi connectivity index (χ1v) is 9.79. The van der Waals surface area contributed by atoms with Crippen LogP contribution >= 0.6 is 11.3 Å². The first-order chi connectivity index (χ1) is 13.6. The van der Waals surface area contributed by atoms with E-state index in [1.165, 1.54) is 16.9 Å². The quantitative estimate of drug-likeness (QED) is 0.672. The lowest BCUT2D eigenvalue weighted by Gasteiger charge is -2.32. The van der Waals surface area contributed by atoms with Gasteiger partial charge in [0.15, 0.2) is 11.7 Å². The van der Waals surface area contributed by atoms with E-state index >= 15 is 0 Å². The highest BCUT2D eigenvalue weighted by Crippen LogP contribution is 2.37. The van der Waals surface area contributed by atoms with E-state index in [1.807, 2.05) is 12.1 Å². The second-order valence-electron chi connectivity index (χ2n) is 6.55. The Morgan fingerprint density at radius 2 is 2.11 bits per heavy atom. The number of anilines is 1. The number of aromatic nitrogens is 5. The summed E-state index contributed by atoms with van der Waals surface area (Å²) in [5.41, 5.74) is 1.27. The first-order valence-electron chi connectivity index (χ1n) is 8.97. The minimum absolute atomic E-state index is 0.310. The maximum absolute atomic E-state index is 10.7. The van der Waals surface area contributed by atoms with E-state index < -0.39 is 5.97 Å². The predicted octanol–water partition coefficient (Wildman–Crippen LogP) is 2.27. The standard InChI is InChI=1S/C18H20N6O3S/c1-27-14-5-3-2-4-13(14)12-6-8-23(9-7-12)18-19-10-15(28-18)17-20-22-24(21-17)11-16(25)26/h2-5,10,12H,6-9,11H2,1H3,(H,25,26). The number of tetrazole rings is 1. The number of nitrogens with zero attached hydrogens (tertiary/aromatic N) is 6. The van der Waals surface area contributed by atoms with Crippen LogP contribution in [0.25, 0.3) is 10.7 Å². The molecular formula is C18H20N6O3S. The molecule has 0 spiro atoms. The highest BCUT2D eigenvalue weighted by molar-refractivity contribution is 7.18. The Kier molecular flexibility index (Phi) is 5.20. The van der Waals surface area contributed by atoms with Crippen molar-refractivity contribution in [1.82, 2.24) is 25.2 Å². The molecule has 1 aliphatic rings. The van der Waals surface area contributed by atoms with E-state index in [9.17, 15) is 4.79 Å². The number of rotatable bonds is 6. The number of piperidine rings is 1. The van der Waals surface area contributed by atoms with Crippen molar-refractivity contribution >= 4 is 22.4 Å². The molecule has 0 unspecified atom stereocenters. The Labute approximate surface area is 165 Å². The normalized spacial score (nSPS) is 15.0. The molecule has 0 bridgehead atoms. The molecule has 3 heterocycles. The average Bonchev–Trinajstić information content (AvgIpc) is 3.37. The zero-order valence-electron chi connectivity index (χ0n) is 15.4. The first kappa shape index (κ1) is 18.4. The van der Waals surface area contributed by atoms with Crippen molar-refractivity contribution in [3.8, 4) is 16.5 Å². The van der Waals surface area contributed by atoms with Crippen molar-refractivity contribution in [3.63, 3.8) is 0 Å². The second kappa shape index (κ2) is 7.93. The van der Waals surface area contributed by atoms with Crippen molar-refractivity contribution < 1.29 is 14.6 Å². The molecule has 0 amide bonds. The third-order valence-electron chi connectivity index (χ3n) is 4.79. The molecule has 1 aromatic carbocycles. The molecule has 1 saturated heterocycles. The van der Waals surface area contributed by atoms with Gasteiger partial charge < -0.3 is 14.7 Å². The molecule has 0 radical (unpaired) electrons. The van der Waals surface area contributed by atoms with Crippen LogP contribution in [0, 0.1) is 0 Å². The molecule has 1 aliphatic heterocycles. The van der Waals surface area contributed by atoms with Gasteiger partial charge in [-0.25, -0.2) is 4.98 Å². The van der Waals surface area contributed by atoms with E-state index in [1.54, 1.807) is 13.3 Å². The van der Waals surface area contributed by atoms with E-state index in [0.717, 1.165) is 46.5 Å². The van der Waals surface area contributed by atoms with Crippen LogP contribution in [-0.2, 0) is 11.3 Å². The van der Waals surface area contributed by atoms with Crippen molar-refractivity contribution in [2.75, 3.05) is 25.1 Å². The summed E-state index contributed by atoms with van der Waals surface area (Å²) < 4.78 is 5.51. The zero-order chi connectivity index (χ0) is 19.5. The highest BCUT2D eigenvalue weighted by atomic mass is 32.1. The fraction of sp³-hybridized carbons (Fsp3) is 0.389. The smallest absolute Gasteiger partial charge is 0.327 e. The van der Waals surface area contributed by atoms with Crippen LogP contribution < -0.4 is 9.64 Å². The van der Waals surface area contributed by atoms with Crippen molar-refractivity contribution in [1.29, 1.82) is 0 Å². The predicted molar refractivity (Wildman–Crippen MR) is 104 cm³/mol. The number of carboxylic acid groups (broad SMARTS) is 1. The molecule has 0 atom stereocenters. The topological polar surface area (TPSA) is 106 Å². The summed E-state index contributed by atoms with van der Waals surface area (Å²) in [7, 11) is 1.71. The second-order valence-corrected chi connectivity index (χ2v) is 7.56. The van der Waals surface area contributed by atoms with Gasteiger partial charge in [-0.1, -0.05) is 29.5 Å². The number of ether oxygens (including phenoxy) is 1. The lowest BCUT2D eigenvalue weighted by molar-refractivity contribution is -0.138. The number of hydrogen-bond donors (Lipinski definition) is 1. The summed E-state index contributed by atoms with van der Waals surface area (Å²) in [4.78, 5) is 19.4. The third kappa shape index (κ3) is 3.81. The number of hydrogen-bond acceptors (Lipinski definition) is 8. The Morgan fingerprint density at radius 1 is 1.32 bits per heavy atom. The fourth-order valence-corrected chi connectivity index (χ4v) is 4.32. The molecular weight excluding hydrogens is 380 g/mol. The number of carboxylic acids is 1. The number of benzene rings is 1. The Bertz CT molecular complexity index is 964. The van der Waals surface area contributed by atoms with Crippen LogP contribution in [0.1, 0.15) is 24.3 Å². The lowest BCUT2D eigenvalue weighted by atomic mass is 9.89. The molecule has 1 fully saturated rings. The highest BCUT2D eigenvalue weighted by Gasteiger charge is 2.25. The molecule has 28 heavy (non-hydrogen) atoms. The van der Waals surface area contributed by atoms with Gasteiger partial charge in [0.1, 0.15) is 5.75 Å². The molecule has 1 N–H and O–H groups in total. The molecule has 146 valence electrons. The Hall–Kier alpha value is -3.01. The summed E-state index contributed by atoms with van der Waals surface area (Å²) in [5.74, 6) is 0.818. The molecule has 0 aliphatic carbocycles. The van der Waals surface area contributed by atoms with Gasteiger partial charge in [-0.05, 0) is 35.6 Å². The largest absolute Gasteiger partial charge is 0.496 e. The van der Waals surface area contributed by atoms with Crippen molar-refractivity contribution in [2.24, 2.45) is 0 Å². The van der Waals surface area contributed by atoms with E-state index in [2.05, 4.69) is 37.4 Å². The van der Waals surface area contributed by atoms with E-state index in [0.29, 0.717) is 11.7 Å². The maximum atomic E-state index is 10.7. The number of thiazole rings is 1. The minimum atomic E-state index is -1.01. The Morgan fingerprint density at radius 3 is 2.86 bits per heavy atom. The van der Waals surface area contributed by atoms with Crippen LogP contribution in [-0.4, -0.2) is 56.5 Å². The van der Waals surface area contributed by atoms with Gasteiger partial charge in [0.2, 0.25) is 5.82 Å². The van der Waals surface area contributed by atoms with Crippen LogP contribution in [0.2, 0.25) is 0 Å². The van der Waals surface area contributed by atoms with Gasteiger partial charge in [-0.3, -0.25) is 4.79 Å². The van der Waals surface area contributed by atoms with Gasteiger partial charge in [0.05, 0.1) is 18.2 Å². The average molecular weight is 400 g/mol. The van der Waals surface area contributed by atoms with Gasteiger partial charge >= 0.3 is 5.97 Å². The molecule has 10 heteroatoms. The van der Waals surface area contributed by atoms with Gasteiger partial charge in [0.25, 0.3) is 0 Å². The number of aliphatic carboxylic acids is 1. The van der Waals surface area contributed by atoms with Gasteiger partial charge in [-0.15, -0.1) is 10.2 Å². The molecule has 9 nitrogen and oxygen atoms in total. The maximum Gasteiger partial charge on any atom is 0.327 e. The number of methoxy groups -OCH3 is 1. The summed E-state index contributed by atoms with van der Waals surface area (Å²) in [6.07, 6.45) is 3.78. The molecule has 0 saturated carbocycles.